The molecule has 2 N–H and O–H groups in total. The highest BCUT2D eigenvalue weighted by Crippen LogP contribution is 2.33. The molecule has 0 spiro atoms. The van der Waals surface area contributed by atoms with Crippen LogP contribution in [0.3, 0.4) is 0 Å². The zero-order valence-electron chi connectivity index (χ0n) is 21.0. The maximum Gasteiger partial charge on any atom is 0.333 e. The number of hydrogen-bond donors (Lipinski definition) is 2. The Balaban J connectivity index is 1.64. The number of fused-ring (bicyclic) bond motifs is 1. The third-order valence-corrected chi connectivity index (χ3v) is 6.10. The van der Waals surface area contributed by atoms with Gasteiger partial charge in [0.15, 0.2) is 5.78 Å². The fourth-order valence-electron chi connectivity index (χ4n) is 4.16. The number of rotatable bonds is 14. The molecule has 1 aromatic heterocycles. The van der Waals surface area contributed by atoms with Gasteiger partial charge in [-0.2, -0.15) is 0 Å². The summed E-state index contributed by atoms with van der Waals surface area (Å²) >= 11 is 0. The van der Waals surface area contributed by atoms with Gasteiger partial charge in [-0.05, 0) is 48.9 Å². The van der Waals surface area contributed by atoms with E-state index in [-0.39, 0.29) is 23.1 Å². The largest absolute Gasteiger partial charge is 0.497 e. The molecule has 0 aliphatic carbocycles. The van der Waals surface area contributed by atoms with Crippen LogP contribution in [0.15, 0.2) is 42.5 Å². The molecule has 0 saturated heterocycles. The molecule has 8 heteroatoms. The molecule has 36 heavy (non-hydrogen) atoms. The lowest BCUT2D eigenvalue weighted by Crippen LogP contribution is -2.19. The van der Waals surface area contributed by atoms with Gasteiger partial charge in [0.25, 0.3) is 0 Å². The van der Waals surface area contributed by atoms with Gasteiger partial charge in [0.1, 0.15) is 18.2 Å². The van der Waals surface area contributed by atoms with Crippen molar-refractivity contribution in [1.29, 1.82) is 0 Å². The molecule has 194 valence electrons. The summed E-state index contributed by atoms with van der Waals surface area (Å²) < 4.78 is 25.6. The number of carbonyl (C=O) groups excluding carboxylic acids is 2. The molecule has 3 rings (SSSR count). The van der Waals surface area contributed by atoms with E-state index in [9.17, 15) is 19.1 Å². The van der Waals surface area contributed by atoms with Crippen molar-refractivity contribution in [3.8, 4) is 11.6 Å². The summed E-state index contributed by atoms with van der Waals surface area (Å²) in [5.41, 5.74) is 0.544. The molecule has 0 unspecified atom stereocenters. The minimum Gasteiger partial charge on any atom is -0.497 e. The number of hydrogen-bond acceptors (Lipinski definition) is 5. The quantitative estimate of drug-likeness (QED) is 0.186. The predicted octanol–water partition coefficient (Wildman–Crippen LogP) is 6.91. The maximum atomic E-state index is 14.0. The van der Waals surface area contributed by atoms with Crippen LogP contribution >= 0.6 is 0 Å². The van der Waals surface area contributed by atoms with Gasteiger partial charge in [0, 0.05) is 17.7 Å². The molecule has 0 bridgehead atoms. The smallest absolute Gasteiger partial charge is 0.333 e. The van der Waals surface area contributed by atoms with Gasteiger partial charge in [0.05, 0.1) is 18.2 Å². The van der Waals surface area contributed by atoms with Gasteiger partial charge >= 0.3 is 6.03 Å². The molecule has 0 fully saturated rings. The first kappa shape index (κ1) is 27.2. The van der Waals surface area contributed by atoms with E-state index < -0.39 is 23.5 Å². The summed E-state index contributed by atoms with van der Waals surface area (Å²) in [6, 6.07) is 9.62. The highest BCUT2D eigenvalue weighted by Gasteiger charge is 2.26. The second-order valence-electron chi connectivity index (χ2n) is 8.80. The fourth-order valence-corrected chi connectivity index (χ4v) is 4.16. The zero-order chi connectivity index (χ0) is 25.9. The van der Waals surface area contributed by atoms with E-state index in [1.807, 2.05) is 0 Å². The van der Waals surface area contributed by atoms with E-state index in [0.717, 1.165) is 29.9 Å². The lowest BCUT2D eigenvalue weighted by atomic mass is 10.1. The van der Waals surface area contributed by atoms with Crippen molar-refractivity contribution in [1.82, 2.24) is 4.57 Å². The van der Waals surface area contributed by atoms with Crippen molar-refractivity contribution in [3.63, 3.8) is 0 Å². The number of aromatic nitrogens is 1. The number of unbranched alkanes of at least 4 members (excludes halogenated alkanes) is 7. The van der Waals surface area contributed by atoms with Gasteiger partial charge < -0.3 is 19.9 Å². The van der Waals surface area contributed by atoms with Gasteiger partial charge in [-0.25, -0.2) is 13.8 Å². The minimum atomic E-state index is -0.687. The molecule has 0 radical (unpaired) electrons. The molecule has 1 heterocycles. The SMILES string of the molecule is CCCCCCCCCCOCC(=O)c1c(O)n(C(=O)Nc2ccc(OC)cc2)c2ccc(F)cc12. The van der Waals surface area contributed by atoms with Crippen LogP contribution in [0.4, 0.5) is 14.9 Å². The fraction of sp³-hybridized carbons (Fsp3) is 0.429. The second kappa shape index (κ2) is 13.6. The Bertz CT molecular complexity index is 1160. The van der Waals surface area contributed by atoms with Crippen molar-refractivity contribution in [2.45, 2.75) is 58.3 Å². The van der Waals surface area contributed by atoms with Crippen LogP contribution in [-0.2, 0) is 4.74 Å². The summed E-state index contributed by atoms with van der Waals surface area (Å²) in [5, 5.41) is 13.7. The summed E-state index contributed by atoms with van der Waals surface area (Å²) in [5.74, 6) is -1.03. The Kier molecular flexibility index (Phi) is 10.3. The zero-order valence-corrected chi connectivity index (χ0v) is 21.0. The number of nitrogens with zero attached hydrogens (tertiary/aromatic N) is 1. The van der Waals surface area contributed by atoms with Crippen LogP contribution < -0.4 is 10.1 Å². The first-order chi connectivity index (χ1) is 17.5. The topological polar surface area (TPSA) is 89.8 Å². The van der Waals surface area contributed by atoms with E-state index in [4.69, 9.17) is 9.47 Å². The van der Waals surface area contributed by atoms with E-state index in [0.29, 0.717) is 18.0 Å². The van der Waals surface area contributed by atoms with Crippen LogP contribution in [0, 0.1) is 5.82 Å². The summed E-state index contributed by atoms with van der Waals surface area (Å²) in [6.45, 7) is 2.36. The predicted molar refractivity (Wildman–Crippen MR) is 139 cm³/mol. The lowest BCUT2D eigenvalue weighted by Gasteiger charge is -2.09. The highest BCUT2D eigenvalue weighted by molar-refractivity contribution is 6.14. The first-order valence-electron chi connectivity index (χ1n) is 12.6. The number of Topliss-reactive ketones (excluding diaryl/α,β-unsaturated/α-hetero) is 1. The van der Waals surface area contributed by atoms with Gasteiger partial charge in [-0.3, -0.25) is 4.79 Å². The number of halogens is 1. The molecule has 7 nitrogen and oxygen atoms in total. The molecular formula is C28H35FN2O5. The first-order valence-corrected chi connectivity index (χ1v) is 12.6. The Hall–Kier alpha value is -3.39. The van der Waals surface area contributed by atoms with E-state index in [1.165, 1.54) is 51.3 Å². The maximum absolute atomic E-state index is 14.0. The van der Waals surface area contributed by atoms with E-state index >= 15 is 0 Å². The molecule has 0 saturated carbocycles. The molecule has 0 atom stereocenters. The monoisotopic (exact) mass is 498 g/mol. The number of carbonyl (C=O) groups is 2. The van der Waals surface area contributed by atoms with Gasteiger partial charge in [0.2, 0.25) is 5.88 Å². The number of nitrogens with one attached hydrogen (secondary N) is 1. The van der Waals surface area contributed by atoms with Crippen molar-refractivity contribution >= 4 is 28.4 Å². The highest BCUT2D eigenvalue weighted by atomic mass is 19.1. The lowest BCUT2D eigenvalue weighted by molar-refractivity contribution is 0.0751. The Labute approximate surface area is 211 Å². The van der Waals surface area contributed by atoms with Crippen LogP contribution in [0.5, 0.6) is 11.6 Å². The normalized spacial score (nSPS) is 11.1. The van der Waals surface area contributed by atoms with Crippen molar-refractivity contribution in [2.24, 2.45) is 0 Å². The van der Waals surface area contributed by atoms with Crippen molar-refractivity contribution in [2.75, 3.05) is 25.6 Å². The third-order valence-electron chi connectivity index (χ3n) is 6.10. The van der Waals surface area contributed by atoms with Crippen molar-refractivity contribution < 1.29 is 28.6 Å². The number of amides is 1. The number of benzene rings is 2. The third kappa shape index (κ3) is 7.07. The summed E-state index contributed by atoms with van der Waals surface area (Å²) in [6.07, 6.45) is 9.25. The average Bonchev–Trinajstić information content (AvgIpc) is 3.16. The molecule has 1 amide bonds. The Morgan fingerprint density at radius 1 is 0.972 bits per heavy atom. The second-order valence-corrected chi connectivity index (χ2v) is 8.80. The number of anilines is 1. The van der Waals surface area contributed by atoms with Crippen LogP contribution in [0.25, 0.3) is 10.9 Å². The van der Waals surface area contributed by atoms with Crippen LogP contribution in [0.1, 0.15) is 68.6 Å². The minimum absolute atomic E-state index is 0.134. The molecular weight excluding hydrogens is 463 g/mol. The summed E-state index contributed by atoms with van der Waals surface area (Å²) in [4.78, 5) is 25.9. The van der Waals surface area contributed by atoms with Crippen LogP contribution in [0.2, 0.25) is 0 Å². The van der Waals surface area contributed by atoms with Gasteiger partial charge in [-0.15, -0.1) is 0 Å². The number of ether oxygens (including phenoxy) is 2. The molecule has 3 aromatic rings. The number of aromatic hydroxyl groups is 1. The van der Waals surface area contributed by atoms with E-state index in [2.05, 4.69) is 12.2 Å². The number of ketones is 1. The molecule has 0 aliphatic rings. The number of methoxy groups -OCH3 is 1. The van der Waals surface area contributed by atoms with E-state index in [1.54, 1.807) is 24.3 Å². The Morgan fingerprint density at radius 3 is 2.31 bits per heavy atom. The standard InChI is InChI=1S/C28H35FN2O5/c1-3-4-5-6-7-8-9-10-17-36-19-25(32)26-23-18-20(29)11-16-24(23)31(27(26)33)28(34)30-21-12-14-22(35-2)15-13-21/h11-16,18,33H,3-10,17,19H2,1-2H3,(H,30,34). The van der Waals surface area contributed by atoms with Gasteiger partial charge in [-0.1, -0.05) is 51.9 Å². The molecule has 2 aromatic carbocycles. The molecule has 0 aliphatic heterocycles. The average molecular weight is 499 g/mol. The Morgan fingerprint density at radius 2 is 1.64 bits per heavy atom. The van der Waals surface area contributed by atoms with Crippen LogP contribution in [-0.4, -0.2) is 41.8 Å². The summed E-state index contributed by atoms with van der Waals surface area (Å²) in [7, 11) is 1.54. The van der Waals surface area contributed by atoms with Crippen molar-refractivity contribution in [3.05, 3.63) is 53.8 Å².